The zero-order chi connectivity index (χ0) is 16.3. The summed E-state index contributed by atoms with van der Waals surface area (Å²) in [7, 11) is 0.509. The first-order valence-corrected chi connectivity index (χ1v) is 8.59. The Morgan fingerprint density at radius 2 is 1.95 bits per heavy atom. The van der Waals surface area contributed by atoms with Crippen LogP contribution in [-0.2, 0) is 5.16 Å². The molecule has 0 radical (unpaired) electrons. The Labute approximate surface area is 134 Å². The standard InChI is InChI=1S/C19H24NOP/c1-5-19(4,16-8-6-7-14(3)18(16)21)22-17-10-9-13(2)11-15(17)12-20/h6-12,20-22H,5H2,1-4H3. The lowest BCUT2D eigenvalue weighted by Gasteiger charge is -2.31. The lowest BCUT2D eigenvalue weighted by molar-refractivity contribution is 0.452. The second-order valence-corrected chi connectivity index (χ2v) is 7.91. The number of rotatable bonds is 5. The van der Waals surface area contributed by atoms with Crippen LogP contribution in [0.2, 0.25) is 0 Å². The number of hydrogen-bond acceptors (Lipinski definition) is 2. The minimum atomic E-state index is -0.122. The molecule has 3 heteroatoms. The van der Waals surface area contributed by atoms with E-state index in [2.05, 4.69) is 32.0 Å². The molecule has 0 amide bonds. The first kappa shape index (κ1) is 16.7. The van der Waals surface area contributed by atoms with E-state index in [1.54, 1.807) is 0 Å². The molecule has 0 fully saturated rings. The van der Waals surface area contributed by atoms with Crippen LogP contribution in [0.4, 0.5) is 0 Å². The zero-order valence-corrected chi connectivity index (χ0v) is 14.7. The predicted octanol–water partition coefficient (Wildman–Crippen LogP) is 4.64. The van der Waals surface area contributed by atoms with Crippen LogP contribution < -0.4 is 5.30 Å². The summed E-state index contributed by atoms with van der Waals surface area (Å²) in [4.78, 5) is 0. The number of aryl methyl sites for hydroxylation is 2. The third-order valence-electron chi connectivity index (χ3n) is 4.31. The lowest BCUT2D eigenvalue weighted by Crippen LogP contribution is -2.20. The molecule has 0 bridgehead atoms. The monoisotopic (exact) mass is 313 g/mol. The molecule has 2 nitrogen and oxygen atoms in total. The van der Waals surface area contributed by atoms with Crippen LogP contribution in [0.5, 0.6) is 5.75 Å². The predicted molar refractivity (Wildman–Crippen MR) is 97.5 cm³/mol. The van der Waals surface area contributed by atoms with Gasteiger partial charge in [0.25, 0.3) is 0 Å². The molecule has 0 saturated heterocycles. The summed E-state index contributed by atoms with van der Waals surface area (Å²) >= 11 is 0. The molecule has 2 unspecified atom stereocenters. The second-order valence-electron chi connectivity index (χ2n) is 6.02. The molecule has 0 aromatic heterocycles. The fourth-order valence-electron chi connectivity index (χ4n) is 2.66. The van der Waals surface area contributed by atoms with E-state index in [4.69, 9.17) is 5.41 Å². The van der Waals surface area contributed by atoms with Gasteiger partial charge >= 0.3 is 0 Å². The van der Waals surface area contributed by atoms with Gasteiger partial charge in [-0.15, -0.1) is 0 Å². The van der Waals surface area contributed by atoms with E-state index in [9.17, 15) is 5.11 Å². The highest BCUT2D eigenvalue weighted by molar-refractivity contribution is 7.48. The van der Waals surface area contributed by atoms with Gasteiger partial charge in [0.1, 0.15) is 5.75 Å². The Morgan fingerprint density at radius 1 is 1.23 bits per heavy atom. The van der Waals surface area contributed by atoms with Crippen molar-refractivity contribution in [2.75, 3.05) is 0 Å². The largest absolute Gasteiger partial charge is 0.507 e. The fourth-order valence-corrected chi connectivity index (χ4v) is 4.23. The van der Waals surface area contributed by atoms with Crippen molar-refractivity contribution in [2.24, 2.45) is 0 Å². The van der Waals surface area contributed by atoms with Gasteiger partial charge in [0.2, 0.25) is 0 Å². The van der Waals surface area contributed by atoms with E-state index in [1.807, 2.05) is 32.0 Å². The van der Waals surface area contributed by atoms with Crippen LogP contribution in [0.25, 0.3) is 0 Å². The molecule has 0 spiro atoms. The number of aromatic hydroxyl groups is 1. The maximum absolute atomic E-state index is 10.5. The van der Waals surface area contributed by atoms with Crippen LogP contribution in [0.1, 0.15) is 42.5 Å². The van der Waals surface area contributed by atoms with Crippen LogP contribution >= 0.6 is 8.58 Å². The normalized spacial score (nSPS) is 14.2. The molecule has 0 aliphatic rings. The minimum Gasteiger partial charge on any atom is -0.507 e. The fraction of sp³-hybridized carbons (Fsp3) is 0.316. The molecule has 0 aliphatic carbocycles. The Balaban J connectivity index is 2.48. The van der Waals surface area contributed by atoms with Gasteiger partial charge in [0.05, 0.1) is 0 Å². The number of nitrogens with one attached hydrogen (secondary N) is 1. The van der Waals surface area contributed by atoms with Crippen molar-refractivity contribution in [3.05, 3.63) is 58.7 Å². The summed E-state index contributed by atoms with van der Waals surface area (Å²) in [6.45, 7) is 8.35. The molecule has 0 heterocycles. The maximum Gasteiger partial charge on any atom is 0.122 e. The maximum atomic E-state index is 10.5. The van der Waals surface area contributed by atoms with E-state index in [0.29, 0.717) is 14.3 Å². The van der Waals surface area contributed by atoms with Crippen molar-refractivity contribution in [3.63, 3.8) is 0 Å². The Morgan fingerprint density at radius 3 is 2.59 bits per heavy atom. The van der Waals surface area contributed by atoms with Gasteiger partial charge in [-0.1, -0.05) is 58.3 Å². The number of hydrogen-bond donors (Lipinski definition) is 2. The summed E-state index contributed by atoms with van der Waals surface area (Å²) in [5, 5.41) is 19.2. The highest BCUT2D eigenvalue weighted by atomic mass is 31.1. The number of benzene rings is 2. The molecule has 0 aliphatic heterocycles. The topological polar surface area (TPSA) is 44.1 Å². The zero-order valence-electron chi connectivity index (χ0n) is 13.7. The van der Waals surface area contributed by atoms with Gasteiger partial charge < -0.3 is 10.5 Å². The van der Waals surface area contributed by atoms with Crippen molar-refractivity contribution in [2.45, 2.75) is 39.3 Å². The summed E-state index contributed by atoms with van der Waals surface area (Å²) in [5.41, 5.74) is 4.07. The van der Waals surface area contributed by atoms with Gasteiger partial charge in [-0.05, 0) is 42.8 Å². The average molecular weight is 313 g/mol. The lowest BCUT2D eigenvalue weighted by atomic mass is 9.94. The molecule has 22 heavy (non-hydrogen) atoms. The van der Waals surface area contributed by atoms with E-state index in [-0.39, 0.29) is 5.16 Å². The van der Waals surface area contributed by atoms with Gasteiger partial charge in [-0.25, -0.2) is 0 Å². The van der Waals surface area contributed by atoms with Crippen molar-refractivity contribution in [3.8, 4) is 5.75 Å². The van der Waals surface area contributed by atoms with E-state index in [0.717, 1.165) is 23.1 Å². The molecule has 116 valence electrons. The molecule has 2 N–H and O–H groups in total. The Hall–Kier alpha value is -1.66. The molecule has 2 rings (SSSR count). The van der Waals surface area contributed by atoms with Crippen molar-refractivity contribution < 1.29 is 5.11 Å². The Bertz CT molecular complexity index is 696. The van der Waals surface area contributed by atoms with Crippen molar-refractivity contribution in [1.82, 2.24) is 0 Å². The number of para-hydroxylation sites is 1. The van der Waals surface area contributed by atoms with Gasteiger partial charge in [0, 0.05) is 16.9 Å². The molecular weight excluding hydrogens is 289 g/mol. The van der Waals surface area contributed by atoms with Crippen LogP contribution in [0.15, 0.2) is 36.4 Å². The summed E-state index contributed by atoms with van der Waals surface area (Å²) in [6, 6.07) is 12.2. The summed E-state index contributed by atoms with van der Waals surface area (Å²) < 4.78 is 0. The minimum absolute atomic E-state index is 0.122. The molecule has 0 saturated carbocycles. The van der Waals surface area contributed by atoms with Crippen LogP contribution in [0.3, 0.4) is 0 Å². The first-order valence-electron chi connectivity index (χ1n) is 7.59. The Kier molecular flexibility index (Phi) is 5.03. The van der Waals surface area contributed by atoms with Gasteiger partial charge in [-0.2, -0.15) is 0 Å². The van der Waals surface area contributed by atoms with Gasteiger partial charge in [-0.3, -0.25) is 0 Å². The van der Waals surface area contributed by atoms with Crippen molar-refractivity contribution in [1.29, 1.82) is 5.41 Å². The van der Waals surface area contributed by atoms with Crippen LogP contribution in [0, 0.1) is 19.3 Å². The SMILES string of the molecule is CCC(C)(Pc1ccc(C)cc1C=N)c1cccc(C)c1O. The smallest absolute Gasteiger partial charge is 0.122 e. The highest BCUT2D eigenvalue weighted by Crippen LogP contribution is 2.47. The number of phenolic OH excluding ortho intramolecular Hbond substituents is 1. The first-order chi connectivity index (χ1) is 10.4. The van der Waals surface area contributed by atoms with Crippen molar-refractivity contribution >= 4 is 20.1 Å². The molecule has 2 atom stereocenters. The molecule has 2 aromatic rings. The molecule has 2 aromatic carbocycles. The van der Waals surface area contributed by atoms with E-state index in [1.165, 1.54) is 17.1 Å². The molecular formula is C19H24NOP. The third kappa shape index (κ3) is 3.23. The number of phenols is 1. The van der Waals surface area contributed by atoms with Crippen LogP contribution in [-0.4, -0.2) is 11.3 Å². The third-order valence-corrected chi connectivity index (χ3v) is 6.21. The van der Waals surface area contributed by atoms with E-state index >= 15 is 0 Å². The average Bonchev–Trinajstić information content (AvgIpc) is 2.51. The quantitative estimate of drug-likeness (QED) is 0.613. The summed E-state index contributed by atoms with van der Waals surface area (Å²) in [6.07, 6.45) is 2.37. The van der Waals surface area contributed by atoms with Gasteiger partial charge in [0.15, 0.2) is 0 Å². The second kappa shape index (κ2) is 6.62. The summed E-state index contributed by atoms with van der Waals surface area (Å²) in [5.74, 6) is 0.405. The highest BCUT2D eigenvalue weighted by Gasteiger charge is 2.29. The van der Waals surface area contributed by atoms with E-state index < -0.39 is 0 Å².